The van der Waals surface area contributed by atoms with Crippen molar-refractivity contribution >= 4 is 10.0 Å². The monoisotopic (exact) mass is 306 g/mol. The van der Waals surface area contributed by atoms with E-state index in [2.05, 4.69) is 19.9 Å². The number of rotatable bonds is 5. The van der Waals surface area contributed by atoms with Crippen molar-refractivity contribution in [1.29, 1.82) is 0 Å². The Bertz CT molecular complexity index is 711. The van der Waals surface area contributed by atoms with Crippen LogP contribution in [0.2, 0.25) is 0 Å². The van der Waals surface area contributed by atoms with Crippen LogP contribution in [0, 0.1) is 0 Å². The van der Waals surface area contributed by atoms with Crippen molar-refractivity contribution in [2.75, 3.05) is 6.54 Å². The fraction of sp³-hybridized carbons (Fsp3) is 0.429. The molecule has 1 heterocycles. The van der Waals surface area contributed by atoms with Gasteiger partial charge in [-0.1, -0.05) is 6.07 Å². The summed E-state index contributed by atoms with van der Waals surface area (Å²) in [5.41, 5.74) is 2.45. The van der Waals surface area contributed by atoms with Gasteiger partial charge in [0.2, 0.25) is 10.0 Å². The van der Waals surface area contributed by atoms with E-state index in [1.807, 2.05) is 12.1 Å². The molecule has 112 valence electrons. The summed E-state index contributed by atoms with van der Waals surface area (Å²) in [6.07, 6.45) is 6.24. The molecule has 2 N–H and O–H groups in total. The summed E-state index contributed by atoms with van der Waals surface area (Å²) in [5, 5.41) is 6.44. The zero-order chi connectivity index (χ0) is 14.7. The molecule has 1 aromatic carbocycles. The summed E-state index contributed by atoms with van der Waals surface area (Å²) in [5.74, 6) is 0.670. The Morgan fingerprint density at radius 3 is 2.76 bits per heavy atom. The first-order chi connectivity index (χ1) is 10.1. The van der Waals surface area contributed by atoms with Gasteiger partial charge >= 0.3 is 0 Å². The van der Waals surface area contributed by atoms with E-state index in [9.17, 15) is 8.42 Å². The maximum atomic E-state index is 12.3. The van der Waals surface area contributed by atoms with E-state index in [1.165, 1.54) is 23.9 Å². The number of benzene rings is 1. The second-order valence-corrected chi connectivity index (χ2v) is 6.98. The van der Waals surface area contributed by atoms with Crippen LogP contribution in [0.3, 0.4) is 0 Å². The van der Waals surface area contributed by atoms with Crippen LogP contribution in [0.25, 0.3) is 0 Å². The van der Waals surface area contributed by atoms with Crippen LogP contribution in [0.1, 0.15) is 29.8 Å². The number of hydrogen-bond acceptors (Lipinski definition) is 4. The fourth-order valence-electron chi connectivity index (χ4n) is 2.62. The average molecular weight is 306 g/mol. The molecule has 0 saturated heterocycles. The lowest BCUT2D eigenvalue weighted by Crippen LogP contribution is -2.26. The number of fused-ring (bicyclic) bond motifs is 1. The third-order valence-corrected chi connectivity index (χ3v) is 5.21. The van der Waals surface area contributed by atoms with E-state index in [0.29, 0.717) is 23.7 Å². The highest BCUT2D eigenvalue weighted by molar-refractivity contribution is 7.89. The van der Waals surface area contributed by atoms with Gasteiger partial charge in [-0.2, -0.15) is 5.10 Å². The largest absolute Gasteiger partial charge is 0.263 e. The van der Waals surface area contributed by atoms with Gasteiger partial charge in [0.1, 0.15) is 12.2 Å². The van der Waals surface area contributed by atoms with Gasteiger partial charge in [0.25, 0.3) is 0 Å². The minimum absolute atomic E-state index is 0.300. The topological polar surface area (TPSA) is 87.7 Å². The molecule has 1 aliphatic rings. The summed E-state index contributed by atoms with van der Waals surface area (Å²) in [7, 11) is -3.46. The lowest BCUT2D eigenvalue weighted by Gasteiger charge is -2.16. The van der Waals surface area contributed by atoms with Crippen LogP contribution in [0.15, 0.2) is 29.4 Å². The number of nitrogens with zero attached hydrogens (tertiary/aromatic N) is 2. The first-order valence-electron chi connectivity index (χ1n) is 7.11. The molecule has 0 amide bonds. The minimum Gasteiger partial charge on any atom is -0.263 e. The van der Waals surface area contributed by atoms with Gasteiger partial charge in [-0.25, -0.2) is 18.1 Å². The highest BCUT2D eigenvalue weighted by Crippen LogP contribution is 2.23. The van der Waals surface area contributed by atoms with Crippen molar-refractivity contribution in [1.82, 2.24) is 19.9 Å². The van der Waals surface area contributed by atoms with Gasteiger partial charge in [-0.3, -0.25) is 5.10 Å². The zero-order valence-corrected chi connectivity index (χ0v) is 12.5. The Hall–Kier alpha value is -1.73. The van der Waals surface area contributed by atoms with Gasteiger partial charge < -0.3 is 0 Å². The van der Waals surface area contributed by atoms with E-state index in [0.717, 1.165) is 19.3 Å². The highest BCUT2D eigenvalue weighted by atomic mass is 32.2. The molecule has 1 aromatic heterocycles. The summed E-state index contributed by atoms with van der Waals surface area (Å²) < 4.78 is 27.2. The molecule has 0 fully saturated rings. The van der Waals surface area contributed by atoms with Crippen molar-refractivity contribution in [2.45, 2.75) is 37.0 Å². The minimum atomic E-state index is -3.46. The molecule has 7 heteroatoms. The molecule has 2 aromatic rings. The summed E-state index contributed by atoms with van der Waals surface area (Å²) in [6.45, 7) is 0.300. The molecular formula is C14H18N4O2S. The molecule has 0 unspecified atom stereocenters. The predicted molar refractivity (Wildman–Crippen MR) is 78.4 cm³/mol. The Morgan fingerprint density at radius 2 is 2.00 bits per heavy atom. The van der Waals surface area contributed by atoms with Gasteiger partial charge in [0, 0.05) is 13.0 Å². The van der Waals surface area contributed by atoms with E-state index in [4.69, 9.17) is 0 Å². The first-order valence-corrected chi connectivity index (χ1v) is 8.59. The molecule has 0 atom stereocenters. The number of aromatic nitrogens is 3. The number of sulfonamides is 1. The summed E-state index contributed by atoms with van der Waals surface area (Å²) >= 11 is 0. The second kappa shape index (κ2) is 5.95. The SMILES string of the molecule is O=S(=O)(NCCc1ncn[nH]1)c1ccc2c(c1)CCCC2. The fourth-order valence-corrected chi connectivity index (χ4v) is 3.70. The molecule has 1 aliphatic carbocycles. The van der Waals surface area contributed by atoms with Gasteiger partial charge in [-0.05, 0) is 48.9 Å². The molecule has 0 radical (unpaired) electrons. The van der Waals surface area contributed by atoms with Crippen molar-refractivity contribution in [3.05, 3.63) is 41.5 Å². The lowest BCUT2D eigenvalue weighted by atomic mass is 9.92. The molecule has 3 rings (SSSR count). The Kier molecular flexibility index (Phi) is 4.03. The van der Waals surface area contributed by atoms with E-state index in [1.54, 1.807) is 6.07 Å². The maximum absolute atomic E-state index is 12.3. The van der Waals surface area contributed by atoms with Gasteiger partial charge in [0.05, 0.1) is 4.90 Å². The van der Waals surface area contributed by atoms with Crippen molar-refractivity contribution in [3.63, 3.8) is 0 Å². The van der Waals surface area contributed by atoms with Crippen LogP contribution in [-0.4, -0.2) is 30.1 Å². The summed E-state index contributed by atoms with van der Waals surface area (Å²) in [4.78, 5) is 4.31. The standard InChI is InChI=1S/C14H18N4O2S/c19-21(20,17-8-7-14-15-10-16-18-14)13-6-5-11-3-1-2-4-12(11)9-13/h5-6,9-10,17H,1-4,7-8H2,(H,15,16,18). The lowest BCUT2D eigenvalue weighted by molar-refractivity contribution is 0.580. The average Bonchev–Trinajstić information content (AvgIpc) is 3.00. The molecule has 0 saturated carbocycles. The van der Waals surface area contributed by atoms with Gasteiger partial charge in [0.15, 0.2) is 0 Å². The number of hydrogen-bond donors (Lipinski definition) is 2. The third kappa shape index (κ3) is 3.30. The highest BCUT2D eigenvalue weighted by Gasteiger charge is 2.17. The Labute approximate surface area is 124 Å². The molecule has 21 heavy (non-hydrogen) atoms. The Balaban J connectivity index is 1.69. The normalized spacial score (nSPS) is 14.9. The van der Waals surface area contributed by atoms with E-state index in [-0.39, 0.29) is 0 Å². The molecule has 0 bridgehead atoms. The van der Waals surface area contributed by atoms with Gasteiger partial charge in [-0.15, -0.1) is 0 Å². The molecule has 0 spiro atoms. The maximum Gasteiger partial charge on any atom is 0.240 e. The molecular weight excluding hydrogens is 288 g/mol. The zero-order valence-electron chi connectivity index (χ0n) is 11.7. The third-order valence-electron chi connectivity index (χ3n) is 3.75. The van der Waals surface area contributed by atoms with Crippen LogP contribution >= 0.6 is 0 Å². The quantitative estimate of drug-likeness (QED) is 0.869. The van der Waals surface area contributed by atoms with E-state index < -0.39 is 10.0 Å². The number of aromatic amines is 1. The van der Waals surface area contributed by atoms with Crippen molar-refractivity contribution in [2.24, 2.45) is 0 Å². The number of nitrogens with one attached hydrogen (secondary N) is 2. The number of aryl methyl sites for hydroxylation is 2. The summed E-state index contributed by atoms with van der Waals surface area (Å²) in [6, 6.07) is 5.45. The molecule has 0 aliphatic heterocycles. The van der Waals surface area contributed by atoms with Crippen LogP contribution in [0.4, 0.5) is 0 Å². The molecule has 6 nitrogen and oxygen atoms in total. The first kappa shape index (κ1) is 14.2. The van der Waals surface area contributed by atoms with Crippen LogP contribution in [-0.2, 0) is 29.3 Å². The van der Waals surface area contributed by atoms with Crippen LogP contribution in [0.5, 0.6) is 0 Å². The Morgan fingerprint density at radius 1 is 1.19 bits per heavy atom. The predicted octanol–water partition coefficient (Wildman–Crippen LogP) is 1.20. The van der Waals surface area contributed by atoms with Crippen molar-refractivity contribution < 1.29 is 8.42 Å². The van der Waals surface area contributed by atoms with E-state index >= 15 is 0 Å². The second-order valence-electron chi connectivity index (χ2n) is 5.22. The smallest absolute Gasteiger partial charge is 0.240 e. The van der Waals surface area contributed by atoms with Crippen LogP contribution < -0.4 is 4.72 Å². The van der Waals surface area contributed by atoms with Crippen molar-refractivity contribution in [3.8, 4) is 0 Å². The number of H-pyrrole nitrogens is 1.